The van der Waals surface area contributed by atoms with Crippen molar-refractivity contribution in [3.05, 3.63) is 0 Å². The second-order valence-electron chi connectivity index (χ2n) is 4.77. The highest BCUT2D eigenvalue weighted by Gasteiger charge is 2.28. The predicted molar refractivity (Wildman–Crippen MR) is 61.2 cm³/mol. The summed E-state index contributed by atoms with van der Waals surface area (Å²) in [5, 5.41) is 0. The fourth-order valence-electron chi connectivity index (χ4n) is 1.82. The highest BCUT2D eigenvalue weighted by Crippen LogP contribution is 2.19. The highest BCUT2D eigenvalue weighted by molar-refractivity contribution is 5.79. The monoisotopic (exact) mass is 199 g/mol. The first-order valence-corrected chi connectivity index (χ1v) is 5.69. The third-order valence-corrected chi connectivity index (χ3v) is 2.73. The van der Waals surface area contributed by atoms with Gasteiger partial charge in [0.05, 0.1) is 0 Å². The Morgan fingerprint density at radius 2 is 1.57 bits per heavy atom. The van der Waals surface area contributed by atoms with Gasteiger partial charge in [-0.05, 0) is 40.5 Å². The van der Waals surface area contributed by atoms with Gasteiger partial charge in [-0.3, -0.25) is 4.79 Å². The second kappa shape index (κ2) is 5.38. The lowest BCUT2D eigenvalue weighted by Crippen LogP contribution is -2.47. The molecule has 0 N–H and O–H groups in total. The molecule has 1 amide bonds. The van der Waals surface area contributed by atoms with E-state index in [0.717, 1.165) is 19.4 Å². The fraction of sp³-hybridized carbons (Fsp3) is 0.917. The minimum Gasteiger partial charge on any atom is -0.338 e. The van der Waals surface area contributed by atoms with Gasteiger partial charge in [-0.15, -0.1) is 0 Å². The van der Waals surface area contributed by atoms with E-state index in [2.05, 4.69) is 34.6 Å². The van der Waals surface area contributed by atoms with Crippen LogP contribution in [0.3, 0.4) is 0 Å². The Morgan fingerprint density at radius 1 is 1.14 bits per heavy atom. The minimum atomic E-state index is -0.0472. The summed E-state index contributed by atoms with van der Waals surface area (Å²) >= 11 is 0. The molecule has 0 aliphatic carbocycles. The zero-order valence-corrected chi connectivity index (χ0v) is 10.6. The Bertz CT molecular complexity index is 177. The molecule has 0 unspecified atom stereocenters. The summed E-state index contributed by atoms with van der Waals surface area (Å²) in [4.78, 5) is 14.1. The van der Waals surface area contributed by atoms with Crippen LogP contribution in [0.1, 0.15) is 54.4 Å². The molecule has 0 rings (SSSR count). The van der Waals surface area contributed by atoms with Gasteiger partial charge in [-0.2, -0.15) is 0 Å². The van der Waals surface area contributed by atoms with Crippen molar-refractivity contribution in [3.8, 4) is 0 Å². The molecule has 0 fully saturated rings. The van der Waals surface area contributed by atoms with Crippen LogP contribution in [0.4, 0.5) is 0 Å². The molecular weight excluding hydrogens is 174 g/mol. The Morgan fingerprint density at radius 3 is 1.79 bits per heavy atom. The molecule has 0 saturated heterocycles. The molecule has 0 spiro atoms. The number of hydrogen-bond donors (Lipinski definition) is 0. The third kappa shape index (κ3) is 3.32. The van der Waals surface area contributed by atoms with E-state index in [4.69, 9.17) is 0 Å². The molecule has 0 saturated carbocycles. The number of rotatable bonds is 4. The summed E-state index contributed by atoms with van der Waals surface area (Å²) in [5.74, 6) is 0.513. The van der Waals surface area contributed by atoms with Crippen molar-refractivity contribution in [2.45, 2.75) is 59.9 Å². The van der Waals surface area contributed by atoms with Crippen LogP contribution in [0.5, 0.6) is 0 Å². The molecule has 0 aliphatic heterocycles. The summed E-state index contributed by atoms with van der Waals surface area (Å²) in [6.07, 6.45) is 1.89. The summed E-state index contributed by atoms with van der Waals surface area (Å²) in [6, 6.07) is 0. The number of carbonyl (C=O) groups is 1. The van der Waals surface area contributed by atoms with Crippen molar-refractivity contribution >= 4 is 5.91 Å². The van der Waals surface area contributed by atoms with Crippen LogP contribution >= 0.6 is 0 Å². The topological polar surface area (TPSA) is 20.3 Å². The standard InChI is InChI=1S/C12H25NO/c1-7-10(8-2)11(14)13(9-3)12(4,5)6/h10H,7-9H2,1-6H3. The lowest BCUT2D eigenvalue weighted by molar-refractivity contribution is -0.140. The average Bonchev–Trinajstić information content (AvgIpc) is 2.05. The van der Waals surface area contributed by atoms with Crippen LogP contribution in [0.25, 0.3) is 0 Å². The Kier molecular flexibility index (Phi) is 5.17. The van der Waals surface area contributed by atoms with E-state index in [1.807, 2.05) is 11.8 Å². The quantitative estimate of drug-likeness (QED) is 0.681. The first kappa shape index (κ1) is 13.5. The molecule has 2 nitrogen and oxygen atoms in total. The van der Waals surface area contributed by atoms with Gasteiger partial charge < -0.3 is 4.90 Å². The van der Waals surface area contributed by atoms with Crippen LogP contribution in [0.15, 0.2) is 0 Å². The van der Waals surface area contributed by atoms with Crippen molar-refractivity contribution < 1.29 is 4.79 Å². The lowest BCUT2D eigenvalue weighted by atomic mass is 9.97. The van der Waals surface area contributed by atoms with Gasteiger partial charge in [0.15, 0.2) is 0 Å². The van der Waals surface area contributed by atoms with Gasteiger partial charge in [0.1, 0.15) is 0 Å². The molecule has 0 aromatic heterocycles. The predicted octanol–water partition coefficient (Wildman–Crippen LogP) is 3.07. The molecule has 2 heteroatoms. The Balaban J connectivity index is 4.61. The third-order valence-electron chi connectivity index (χ3n) is 2.73. The SMILES string of the molecule is CCC(CC)C(=O)N(CC)C(C)(C)C. The summed E-state index contributed by atoms with van der Waals surface area (Å²) in [6.45, 7) is 13.3. The first-order chi connectivity index (χ1) is 6.38. The van der Waals surface area contributed by atoms with Gasteiger partial charge in [0, 0.05) is 18.0 Å². The minimum absolute atomic E-state index is 0.0472. The van der Waals surface area contributed by atoms with E-state index in [0.29, 0.717) is 5.91 Å². The fourth-order valence-corrected chi connectivity index (χ4v) is 1.82. The van der Waals surface area contributed by atoms with Crippen LogP contribution in [-0.4, -0.2) is 22.9 Å². The largest absolute Gasteiger partial charge is 0.338 e. The van der Waals surface area contributed by atoms with Gasteiger partial charge in [0.2, 0.25) is 5.91 Å². The van der Waals surface area contributed by atoms with Crippen molar-refractivity contribution in [2.75, 3.05) is 6.54 Å². The van der Waals surface area contributed by atoms with Crippen LogP contribution in [-0.2, 0) is 4.79 Å². The second-order valence-corrected chi connectivity index (χ2v) is 4.77. The van der Waals surface area contributed by atoms with Crippen LogP contribution in [0, 0.1) is 5.92 Å². The maximum absolute atomic E-state index is 12.1. The average molecular weight is 199 g/mol. The highest BCUT2D eigenvalue weighted by atomic mass is 16.2. The molecule has 0 heterocycles. The van der Waals surface area contributed by atoms with Crippen molar-refractivity contribution in [3.63, 3.8) is 0 Å². The maximum atomic E-state index is 12.1. The van der Waals surface area contributed by atoms with E-state index in [-0.39, 0.29) is 11.5 Å². The van der Waals surface area contributed by atoms with E-state index in [1.165, 1.54) is 0 Å². The van der Waals surface area contributed by atoms with E-state index >= 15 is 0 Å². The summed E-state index contributed by atoms with van der Waals surface area (Å²) in [5.41, 5.74) is -0.0472. The first-order valence-electron chi connectivity index (χ1n) is 5.69. The number of hydrogen-bond acceptors (Lipinski definition) is 1. The smallest absolute Gasteiger partial charge is 0.226 e. The molecule has 0 aliphatic rings. The van der Waals surface area contributed by atoms with Crippen molar-refractivity contribution in [2.24, 2.45) is 5.92 Å². The zero-order valence-electron chi connectivity index (χ0n) is 10.6. The van der Waals surface area contributed by atoms with Crippen LogP contribution < -0.4 is 0 Å². The Hall–Kier alpha value is -0.530. The normalized spacial score (nSPS) is 11.9. The summed E-state index contributed by atoms with van der Waals surface area (Å²) < 4.78 is 0. The van der Waals surface area contributed by atoms with Crippen molar-refractivity contribution in [1.82, 2.24) is 4.90 Å². The van der Waals surface area contributed by atoms with E-state index < -0.39 is 0 Å². The molecular formula is C12H25NO. The van der Waals surface area contributed by atoms with Crippen LogP contribution in [0.2, 0.25) is 0 Å². The number of nitrogens with zero attached hydrogens (tertiary/aromatic N) is 1. The van der Waals surface area contributed by atoms with Gasteiger partial charge in [-0.25, -0.2) is 0 Å². The molecule has 0 atom stereocenters. The molecule has 84 valence electrons. The maximum Gasteiger partial charge on any atom is 0.226 e. The zero-order chi connectivity index (χ0) is 11.4. The lowest BCUT2D eigenvalue weighted by Gasteiger charge is -2.37. The molecule has 0 aromatic carbocycles. The number of amides is 1. The van der Waals surface area contributed by atoms with E-state index in [9.17, 15) is 4.79 Å². The molecule has 0 bridgehead atoms. The van der Waals surface area contributed by atoms with Gasteiger partial charge >= 0.3 is 0 Å². The van der Waals surface area contributed by atoms with Crippen molar-refractivity contribution in [1.29, 1.82) is 0 Å². The van der Waals surface area contributed by atoms with Gasteiger partial charge in [0.25, 0.3) is 0 Å². The Labute approximate surface area is 88.7 Å². The van der Waals surface area contributed by atoms with E-state index in [1.54, 1.807) is 0 Å². The van der Waals surface area contributed by atoms with Gasteiger partial charge in [-0.1, -0.05) is 13.8 Å². The molecule has 0 radical (unpaired) electrons. The molecule has 0 aromatic rings. The molecule has 14 heavy (non-hydrogen) atoms. The summed E-state index contributed by atoms with van der Waals surface area (Å²) in [7, 11) is 0. The number of carbonyl (C=O) groups excluding carboxylic acids is 1.